The van der Waals surface area contributed by atoms with Crippen molar-refractivity contribution in [2.24, 2.45) is 5.92 Å². The van der Waals surface area contributed by atoms with E-state index in [4.69, 9.17) is 0 Å². The zero-order chi connectivity index (χ0) is 16.9. The van der Waals surface area contributed by atoms with Gasteiger partial charge in [0.2, 0.25) is 5.91 Å². The molecule has 2 amide bonds. The molecule has 2 fully saturated rings. The first-order chi connectivity index (χ1) is 11.6. The Kier molecular flexibility index (Phi) is 7.20. The van der Waals surface area contributed by atoms with Gasteiger partial charge in [-0.3, -0.25) is 9.59 Å². The number of nitrogens with one attached hydrogen (secondary N) is 1. The number of rotatable bonds is 4. The van der Waals surface area contributed by atoms with Gasteiger partial charge in [-0.25, -0.2) is 4.39 Å². The van der Waals surface area contributed by atoms with Crippen LogP contribution in [0.25, 0.3) is 0 Å². The highest BCUT2D eigenvalue weighted by atomic mass is 35.5. The van der Waals surface area contributed by atoms with Crippen molar-refractivity contribution in [3.8, 4) is 0 Å². The molecular weight excluding hydrogens is 345 g/mol. The van der Waals surface area contributed by atoms with Crippen molar-refractivity contribution in [3.05, 3.63) is 35.6 Å². The van der Waals surface area contributed by atoms with Crippen molar-refractivity contribution in [2.45, 2.75) is 19.3 Å². The lowest BCUT2D eigenvalue weighted by molar-refractivity contribution is -0.132. The maximum atomic E-state index is 13.2. The molecule has 2 saturated heterocycles. The standard InChI is InChI=1S/C18H24FN3O2.ClH/c19-16-3-1-2-15(12-16)18(24)22-10-8-21(9-11-22)17(23)5-4-14-6-7-20-13-14;/h1-3,12,14,20H,4-11,13H2;1H. The van der Waals surface area contributed by atoms with Gasteiger partial charge < -0.3 is 15.1 Å². The molecule has 0 saturated carbocycles. The van der Waals surface area contributed by atoms with Crippen LogP contribution in [0.15, 0.2) is 24.3 Å². The lowest BCUT2D eigenvalue weighted by atomic mass is 10.0. The van der Waals surface area contributed by atoms with Gasteiger partial charge >= 0.3 is 0 Å². The van der Waals surface area contributed by atoms with E-state index in [0.29, 0.717) is 44.1 Å². The summed E-state index contributed by atoms with van der Waals surface area (Å²) in [6.45, 7) is 4.20. The van der Waals surface area contributed by atoms with Crippen LogP contribution in [0, 0.1) is 11.7 Å². The zero-order valence-corrected chi connectivity index (χ0v) is 15.1. The molecule has 2 aliphatic heterocycles. The quantitative estimate of drug-likeness (QED) is 0.882. The van der Waals surface area contributed by atoms with Gasteiger partial charge in [-0.1, -0.05) is 6.07 Å². The number of hydrogen-bond acceptors (Lipinski definition) is 3. The minimum atomic E-state index is -0.406. The highest BCUT2D eigenvalue weighted by molar-refractivity contribution is 5.94. The highest BCUT2D eigenvalue weighted by Gasteiger charge is 2.25. The van der Waals surface area contributed by atoms with Gasteiger partial charge in [0.05, 0.1) is 0 Å². The van der Waals surface area contributed by atoms with Crippen LogP contribution < -0.4 is 5.32 Å². The molecule has 138 valence electrons. The smallest absolute Gasteiger partial charge is 0.254 e. The third kappa shape index (κ3) is 5.16. The van der Waals surface area contributed by atoms with Gasteiger partial charge in [0.15, 0.2) is 0 Å². The van der Waals surface area contributed by atoms with Crippen molar-refractivity contribution >= 4 is 24.2 Å². The Bertz CT molecular complexity index is 600. The van der Waals surface area contributed by atoms with Crippen LogP contribution >= 0.6 is 12.4 Å². The normalized spacial score (nSPS) is 20.3. The fourth-order valence-corrected chi connectivity index (χ4v) is 3.41. The molecule has 1 aromatic carbocycles. The molecule has 0 bridgehead atoms. The summed E-state index contributed by atoms with van der Waals surface area (Å²) in [5, 5.41) is 3.32. The predicted molar refractivity (Wildman–Crippen MR) is 96.3 cm³/mol. The number of halogens is 2. The van der Waals surface area contributed by atoms with Gasteiger partial charge in [-0.15, -0.1) is 12.4 Å². The fourth-order valence-electron chi connectivity index (χ4n) is 3.41. The Morgan fingerprint density at radius 1 is 1.16 bits per heavy atom. The molecule has 1 atom stereocenters. The third-order valence-electron chi connectivity index (χ3n) is 4.92. The average Bonchev–Trinajstić information content (AvgIpc) is 3.13. The molecule has 0 radical (unpaired) electrons. The maximum absolute atomic E-state index is 13.2. The molecule has 7 heteroatoms. The first kappa shape index (κ1) is 19.7. The second-order valence-electron chi connectivity index (χ2n) is 6.58. The van der Waals surface area contributed by atoms with Crippen LogP contribution in [0.5, 0.6) is 0 Å². The van der Waals surface area contributed by atoms with Crippen LogP contribution in [0.4, 0.5) is 4.39 Å². The summed E-state index contributed by atoms with van der Waals surface area (Å²) < 4.78 is 13.2. The maximum Gasteiger partial charge on any atom is 0.254 e. The summed E-state index contributed by atoms with van der Waals surface area (Å²) in [6.07, 6.45) is 2.68. The Balaban J connectivity index is 0.00000225. The average molecular weight is 370 g/mol. The lowest BCUT2D eigenvalue weighted by Crippen LogP contribution is -2.50. The van der Waals surface area contributed by atoms with Crippen LogP contribution in [0.2, 0.25) is 0 Å². The fraction of sp³-hybridized carbons (Fsp3) is 0.556. The van der Waals surface area contributed by atoms with E-state index < -0.39 is 5.82 Å². The third-order valence-corrected chi connectivity index (χ3v) is 4.92. The SMILES string of the molecule is Cl.O=C(CCC1CCNC1)N1CCN(C(=O)c2cccc(F)c2)CC1. The summed E-state index contributed by atoms with van der Waals surface area (Å²) in [6, 6.07) is 5.75. The van der Waals surface area contributed by atoms with Crippen molar-refractivity contribution in [1.82, 2.24) is 15.1 Å². The van der Waals surface area contributed by atoms with Crippen molar-refractivity contribution in [2.75, 3.05) is 39.3 Å². The van der Waals surface area contributed by atoms with Crippen molar-refractivity contribution < 1.29 is 14.0 Å². The van der Waals surface area contributed by atoms with Gasteiger partial charge in [0, 0.05) is 38.2 Å². The van der Waals surface area contributed by atoms with Crippen molar-refractivity contribution in [1.29, 1.82) is 0 Å². The number of carbonyl (C=O) groups is 2. The summed E-state index contributed by atoms with van der Waals surface area (Å²) in [5.74, 6) is 0.222. The molecular formula is C18H25ClFN3O2. The Hall–Kier alpha value is -1.66. The number of piperazine rings is 1. The second-order valence-corrected chi connectivity index (χ2v) is 6.58. The molecule has 2 heterocycles. The van der Waals surface area contributed by atoms with Gasteiger partial charge in [0.1, 0.15) is 5.82 Å². The minimum Gasteiger partial charge on any atom is -0.339 e. The molecule has 0 aromatic heterocycles. The van der Waals surface area contributed by atoms with E-state index in [1.807, 2.05) is 4.90 Å². The van der Waals surface area contributed by atoms with Crippen molar-refractivity contribution in [3.63, 3.8) is 0 Å². The van der Waals surface area contributed by atoms with E-state index in [1.165, 1.54) is 12.1 Å². The van der Waals surface area contributed by atoms with E-state index in [1.54, 1.807) is 17.0 Å². The second kappa shape index (κ2) is 9.15. The van der Waals surface area contributed by atoms with Crippen LogP contribution in [-0.2, 0) is 4.79 Å². The monoisotopic (exact) mass is 369 g/mol. The predicted octanol–water partition coefficient (Wildman–Crippen LogP) is 1.92. The molecule has 1 N–H and O–H groups in total. The number of amides is 2. The first-order valence-electron chi connectivity index (χ1n) is 8.67. The Labute approximate surface area is 154 Å². The highest BCUT2D eigenvalue weighted by Crippen LogP contribution is 2.16. The van der Waals surface area contributed by atoms with E-state index in [0.717, 1.165) is 25.9 Å². The van der Waals surface area contributed by atoms with E-state index in [2.05, 4.69) is 5.32 Å². The first-order valence-corrected chi connectivity index (χ1v) is 8.67. The molecule has 1 unspecified atom stereocenters. The van der Waals surface area contributed by atoms with Gasteiger partial charge in [0.25, 0.3) is 5.91 Å². The van der Waals surface area contributed by atoms with Gasteiger partial charge in [-0.05, 0) is 50.0 Å². The molecule has 1 aromatic rings. The molecule has 25 heavy (non-hydrogen) atoms. The van der Waals surface area contributed by atoms with Crippen LogP contribution in [0.1, 0.15) is 29.6 Å². The van der Waals surface area contributed by atoms with E-state index >= 15 is 0 Å². The van der Waals surface area contributed by atoms with Crippen LogP contribution in [0.3, 0.4) is 0 Å². The van der Waals surface area contributed by atoms with E-state index in [-0.39, 0.29) is 24.2 Å². The topological polar surface area (TPSA) is 52.7 Å². The largest absolute Gasteiger partial charge is 0.339 e. The summed E-state index contributed by atoms with van der Waals surface area (Å²) >= 11 is 0. The summed E-state index contributed by atoms with van der Waals surface area (Å²) in [5.41, 5.74) is 0.364. The summed E-state index contributed by atoms with van der Waals surface area (Å²) in [4.78, 5) is 28.2. The summed E-state index contributed by atoms with van der Waals surface area (Å²) in [7, 11) is 0. The molecule has 2 aliphatic rings. The molecule has 5 nitrogen and oxygen atoms in total. The Morgan fingerprint density at radius 2 is 1.88 bits per heavy atom. The van der Waals surface area contributed by atoms with E-state index in [9.17, 15) is 14.0 Å². The van der Waals surface area contributed by atoms with Crippen LogP contribution in [-0.4, -0.2) is 60.9 Å². The number of nitrogens with zero attached hydrogens (tertiary/aromatic N) is 2. The molecule has 0 aliphatic carbocycles. The van der Waals surface area contributed by atoms with Gasteiger partial charge in [-0.2, -0.15) is 0 Å². The Morgan fingerprint density at radius 3 is 2.52 bits per heavy atom. The number of hydrogen-bond donors (Lipinski definition) is 1. The number of benzene rings is 1. The minimum absolute atomic E-state index is 0. The molecule has 0 spiro atoms. The number of carbonyl (C=O) groups excluding carboxylic acids is 2. The zero-order valence-electron chi connectivity index (χ0n) is 14.2. The molecule has 3 rings (SSSR count). The lowest BCUT2D eigenvalue weighted by Gasteiger charge is -2.35.